The maximum Gasteiger partial charge on any atom is 0.311 e. The Morgan fingerprint density at radius 2 is 1.94 bits per heavy atom. The summed E-state index contributed by atoms with van der Waals surface area (Å²) in [6, 6.07) is 0. The molecule has 0 aromatic rings. The van der Waals surface area contributed by atoms with Crippen LogP contribution in [-0.4, -0.2) is 25.7 Å². The molecule has 1 heterocycles. The molecule has 1 rings (SSSR count). The van der Waals surface area contributed by atoms with Crippen molar-refractivity contribution in [1.82, 2.24) is 0 Å². The van der Waals surface area contributed by atoms with Crippen molar-refractivity contribution < 1.29 is 19.1 Å². The lowest BCUT2D eigenvalue weighted by atomic mass is 9.91. The Morgan fingerprint density at radius 3 is 2.06 bits per heavy atom. The van der Waals surface area contributed by atoms with E-state index in [1.165, 1.54) is 7.11 Å². The number of ether oxygens (including phenoxy) is 2. The van der Waals surface area contributed by atoms with Crippen molar-refractivity contribution >= 4 is 11.9 Å². The second kappa shape index (κ2) is 10.1. The van der Waals surface area contributed by atoms with Crippen LogP contribution in [0.2, 0.25) is 0 Å². The molecule has 0 saturated carbocycles. The monoisotopic (exact) mass is 246 g/mol. The Morgan fingerprint density at radius 1 is 1.41 bits per heavy atom. The van der Waals surface area contributed by atoms with E-state index >= 15 is 0 Å². The minimum absolute atomic E-state index is 0.0463. The van der Waals surface area contributed by atoms with Gasteiger partial charge in [-0.15, -0.1) is 0 Å². The van der Waals surface area contributed by atoms with Crippen LogP contribution in [0, 0.1) is 5.41 Å². The molecule has 0 spiro atoms. The Balaban J connectivity index is 0. The van der Waals surface area contributed by atoms with E-state index in [0.717, 1.165) is 12.8 Å². The van der Waals surface area contributed by atoms with Crippen LogP contribution in [0.4, 0.5) is 0 Å². The number of hydrogen-bond donors (Lipinski definition) is 0. The number of rotatable bonds is 2. The van der Waals surface area contributed by atoms with Crippen molar-refractivity contribution in [3.8, 4) is 0 Å². The van der Waals surface area contributed by atoms with Crippen LogP contribution in [0.3, 0.4) is 0 Å². The fourth-order valence-electron chi connectivity index (χ4n) is 0.895. The number of carbonyl (C=O) groups excluding carboxylic acids is 2. The quantitative estimate of drug-likeness (QED) is 0.703. The Labute approximate surface area is 105 Å². The fourth-order valence-corrected chi connectivity index (χ4v) is 0.895. The van der Waals surface area contributed by atoms with Crippen LogP contribution in [0.15, 0.2) is 0 Å². The molecule has 0 N–H and O–H groups in total. The highest BCUT2D eigenvalue weighted by Crippen LogP contribution is 2.20. The van der Waals surface area contributed by atoms with Gasteiger partial charge >= 0.3 is 11.9 Å². The largest absolute Gasteiger partial charge is 0.469 e. The van der Waals surface area contributed by atoms with Crippen molar-refractivity contribution in [1.29, 1.82) is 0 Å². The first kappa shape index (κ1) is 18.3. The summed E-state index contributed by atoms with van der Waals surface area (Å²) in [5.74, 6) is -0.181. The topological polar surface area (TPSA) is 52.6 Å². The second-order valence-corrected chi connectivity index (χ2v) is 4.05. The molecule has 4 nitrogen and oxygen atoms in total. The van der Waals surface area contributed by atoms with E-state index in [1.807, 2.05) is 34.6 Å². The predicted octanol–water partition coefficient (Wildman–Crippen LogP) is 2.95. The molecule has 0 unspecified atom stereocenters. The highest BCUT2D eigenvalue weighted by atomic mass is 16.5. The van der Waals surface area contributed by atoms with E-state index in [4.69, 9.17) is 0 Å². The summed E-state index contributed by atoms with van der Waals surface area (Å²) in [6.45, 7) is 10.4. The summed E-state index contributed by atoms with van der Waals surface area (Å²) in [5, 5.41) is 0. The molecular formula is C13H26O4. The normalized spacial score (nSPS) is 13.6. The average molecular weight is 246 g/mol. The summed E-state index contributed by atoms with van der Waals surface area (Å²) in [5.41, 5.74) is -0.311. The lowest BCUT2D eigenvalue weighted by molar-refractivity contribution is -0.150. The lowest BCUT2D eigenvalue weighted by Gasteiger charge is -2.17. The summed E-state index contributed by atoms with van der Waals surface area (Å²) in [7, 11) is 1.42. The van der Waals surface area contributed by atoms with E-state index < -0.39 is 0 Å². The SMILES string of the molecule is CC.CCC(C)(C)C(=O)OC.O=C1CCCO1. The van der Waals surface area contributed by atoms with Gasteiger partial charge in [0.05, 0.1) is 19.1 Å². The number of methoxy groups -OCH3 is 1. The first-order valence-electron chi connectivity index (χ1n) is 6.18. The summed E-state index contributed by atoms with van der Waals surface area (Å²) in [4.78, 5) is 20.9. The number of cyclic esters (lactones) is 1. The number of esters is 2. The van der Waals surface area contributed by atoms with E-state index in [1.54, 1.807) is 0 Å². The van der Waals surface area contributed by atoms with Crippen molar-refractivity contribution in [3.05, 3.63) is 0 Å². The predicted molar refractivity (Wildman–Crippen MR) is 67.6 cm³/mol. The fraction of sp³-hybridized carbons (Fsp3) is 0.846. The van der Waals surface area contributed by atoms with E-state index in [-0.39, 0.29) is 17.4 Å². The summed E-state index contributed by atoms with van der Waals surface area (Å²) >= 11 is 0. The van der Waals surface area contributed by atoms with Gasteiger partial charge in [-0.25, -0.2) is 0 Å². The smallest absolute Gasteiger partial charge is 0.311 e. The van der Waals surface area contributed by atoms with Gasteiger partial charge in [0.25, 0.3) is 0 Å². The third-order valence-electron chi connectivity index (χ3n) is 2.41. The number of carbonyl (C=O) groups is 2. The average Bonchev–Trinajstić information content (AvgIpc) is 2.82. The molecule has 0 aromatic heterocycles. The van der Waals surface area contributed by atoms with Crippen LogP contribution in [0.1, 0.15) is 53.9 Å². The van der Waals surface area contributed by atoms with E-state index in [2.05, 4.69) is 9.47 Å². The molecule has 102 valence electrons. The second-order valence-electron chi connectivity index (χ2n) is 4.05. The van der Waals surface area contributed by atoms with Crippen LogP contribution in [0.5, 0.6) is 0 Å². The van der Waals surface area contributed by atoms with Gasteiger partial charge in [-0.05, 0) is 26.7 Å². The molecule has 1 aliphatic rings. The zero-order valence-corrected chi connectivity index (χ0v) is 12.0. The third-order valence-corrected chi connectivity index (χ3v) is 2.41. The molecule has 1 aliphatic heterocycles. The molecule has 0 aliphatic carbocycles. The minimum Gasteiger partial charge on any atom is -0.469 e. The van der Waals surface area contributed by atoms with Gasteiger partial charge in [0.1, 0.15) is 0 Å². The van der Waals surface area contributed by atoms with Crippen molar-refractivity contribution in [3.63, 3.8) is 0 Å². The maximum absolute atomic E-state index is 10.8. The molecule has 0 atom stereocenters. The highest BCUT2D eigenvalue weighted by Gasteiger charge is 2.25. The van der Waals surface area contributed by atoms with Gasteiger partial charge in [-0.2, -0.15) is 0 Å². The molecule has 17 heavy (non-hydrogen) atoms. The van der Waals surface area contributed by atoms with Crippen molar-refractivity contribution in [2.24, 2.45) is 5.41 Å². The molecule has 0 aromatic carbocycles. The summed E-state index contributed by atoms with van der Waals surface area (Å²) < 4.78 is 9.08. The zero-order chi connectivity index (χ0) is 13.9. The maximum atomic E-state index is 10.8. The molecule has 4 heteroatoms. The van der Waals surface area contributed by atoms with Crippen molar-refractivity contribution in [2.45, 2.75) is 53.9 Å². The van der Waals surface area contributed by atoms with Crippen LogP contribution < -0.4 is 0 Å². The minimum atomic E-state index is -0.311. The molecule has 0 bridgehead atoms. The first-order chi connectivity index (χ1) is 7.94. The van der Waals surface area contributed by atoms with Gasteiger partial charge < -0.3 is 9.47 Å². The molecule has 1 saturated heterocycles. The van der Waals surface area contributed by atoms with E-state index in [0.29, 0.717) is 13.0 Å². The lowest BCUT2D eigenvalue weighted by Crippen LogP contribution is -2.24. The van der Waals surface area contributed by atoms with Crippen LogP contribution >= 0.6 is 0 Å². The first-order valence-corrected chi connectivity index (χ1v) is 6.18. The Hall–Kier alpha value is -1.06. The van der Waals surface area contributed by atoms with Gasteiger partial charge in [0, 0.05) is 6.42 Å². The molecule has 0 amide bonds. The number of hydrogen-bond acceptors (Lipinski definition) is 4. The van der Waals surface area contributed by atoms with Gasteiger partial charge in [-0.3, -0.25) is 9.59 Å². The third kappa shape index (κ3) is 8.72. The van der Waals surface area contributed by atoms with Crippen molar-refractivity contribution in [2.75, 3.05) is 13.7 Å². The Kier molecular flexibility index (Phi) is 10.9. The van der Waals surface area contributed by atoms with Crippen LogP contribution in [-0.2, 0) is 19.1 Å². The molecule has 1 fully saturated rings. The van der Waals surface area contributed by atoms with Crippen LogP contribution in [0.25, 0.3) is 0 Å². The Bertz CT molecular complexity index is 213. The van der Waals surface area contributed by atoms with Gasteiger partial charge in [0.15, 0.2) is 0 Å². The van der Waals surface area contributed by atoms with Gasteiger partial charge in [0.2, 0.25) is 0 Å². The summed E-state index contributed by atoms with van der Waals surface area (Å²) in [6.07, 6.45) is 2.36. The highest BCUT2D eigenvalue weighted by molar-refractivity contribution is 5.75. The molecular weight excluding hydrogens is 220 g/mol. The van der Waals surface area contributed by atoms with Gasteiger partial charge in [-0.1, -0.05) is 20.8 Å². The molecule has 0 radical (unpaired) electrons. The van der Waals surface area contributed by atoms with E-state index in [9.17, 15) is 9.59 Å². The standard InChI is InChI=1S/C7H14O2.C4H6O2.C2H6/c1-5-7(2,3)6(8)9-4;5-4-2-1-3-6-4;1-2/h5H2,1-4H3;1-3H2;1-2H3. The zero-order valence-electron chi connectivity index (χ0n) is 12.0.